The van der Waals surface area contributed by atoms with Gasteiger partial charge >= 0.3 is 0 Å². The number of ketones is 2. The van der Waals surface area contributed by atoms with Crippen molar-refractivity contribution >= 4 is 11.6 Å². The van der Waals surface area contributed by atoms with Gasteiger partial charge in [0.15, 0.2) is 5.78 Å². The normalized spacial score (nSPS) is 47.3. The van der Waals surface area contributed by atoms with Gasteiger partial charge in [-0.25, -0.2) is 0 Å². The molecule has 4 aliphatic carbocycles. The van der Waals surface area contributed by atoms with Crippen LogP contribution in [0.5, 0.6) is 0 Å². The molecule has 0 aromatic carbocycles. The molecule has 4 rings (SSSR count). The standard InChI is InChI=1S/C20H28O2/c1-12(21)18-7-8-19-17-5-3-13-11-14(22)4-6-15(13)16(17)9-10-20(18,19)2/h11,15-19H,3-10H2,1-2H3/t15?,16-,17?,18-,19+,20-/m0/s1. The fourth-order valence-corrected chi connectivity index (χ4v) is 6.85. The van der Waals surface area contributed by atoms with Crippen molar-refractivity contribution in [1.82, 2.24) is 0 Å². The molecule has 0 saturated heterocycles. The fourth-order valence-electron chi connectivity index (χ4n) is 6.85. The number of hydrogen-bond acceptors (Lipinski definition) is 2. The second-order valence-electron chi connectivity index (χ2n) is 8.59. The summed E-state index contributed by atoms with van der Waals surface area (Å²) in [5.74, 6) is 4.10. The van der Waals surface area contributed by atoms with Crippen LogP contribution in [0.2, 0.25) is 0 Å². The third-order valence-electron chi connectivity index (χ3n) is 7.79. The highest BCUT2D eigenvalue weighted by atomic mass is 16.1. The molecule has 0 aromatic rings. The van der Waals surface area contributed by atoms with Crippen LogP contribution in [-0.2, 0) is 9.59 Å². The molecule has 0 heterocycles. The molecule has 0 radical (unpaired) electrons. The molecular weight excluding hydrogens is 272 g/mol. The third kappa shape index (κ3) is 1.98. The first-order valence-electron chi connectivity index (χ1n) is 9.24. The summed E-state index contributed by atoms with van der Waals surface area (Å²) in [7, 11) is 0. The number of fused-ring (bicyclic) bond motifs is 5. The van der Waals surface area contributed by atoms with Crippen LogP contribution in [-0.4, -0.2) is 11.6 Å². The Hall–Kier alpha value is -0.920. The zero-order chi connectivity index (χ0) is 15.5. The quantitative estimate of drug-likeness (QED) is 0.722. The zero-order valence-electron chi connectivity index (χ0n) is 13.9. The topological polar surface area (TPSA) is 34.1 Å². The van der Waals surface area contributed by atoms with Crippen molar-refractivity contribution in [3.8, 4) is 0 Å². The van der Waals surface area contributed by atoms with Crippen LogP contribution < -0.4 is 0 Å². The second-order valence-corrected chi connectivity index (χ2v) is 8.59. The van der Waals surface area contributed by atoms with Crippen LogP contribution in [0, 0.1) is 35.0 Å². The van der Waals surface area contributed by atoms with Gasteiger partial charge in [-0.1, -0.05) is 12.5 Å². The van der Waals surface area contributed by atoms with E-state index in [9.17, 15) is 9.59 Å². The van der Waals surface area contributed by atoms with Crippen molar-refractivity contribution < 1.29 is 9.59 Å². The molecule has 2 unspecified atom stereocenters. The van der Waals surface area contributed by atoms with E-state index in [1.165, 1.54) is 31.3 Å². The minimum absolute atomic E-state index is 0.263. The molecule has 0 N–H and O–H groups in total. The summed E-state index contributed by atoms with van der Waals surface area (Å²) in [6, 6.07) is 0. The van der Waals surface area contributed by atoms with E-state index in [2.05, 4.69) is 6.92 Å². The summed E-state index contributed by atoms with van der Waals surface area (Å²) < 4.78 is 0. The maximum Gasteiger partial charge on any atom is 0.155 e. The first-order chi connectivity index (χ1) is 10.5. The Morgan fingerprint density at radius 2 is 1.91 bits per heavy atom. The van der Waals surface area contributed by atoms with Gasteiger partial charge in [-0.05, 0) is 87.0 Å². The van der Waals surface area contributed by atoms with Crippen LogP contribution in [0.15, 0.2) is 11.6 Å². The molecule has 0 amide bonds. The smallest absolute Gasteiger partial charge is 0.155 e. The molecule has 3 fully saturated rings. The number of hydrogen-bond donors (Lipinski definition) is 0. The van der Waals surface area contributed by atoms with Crippen molar-refractivity contribution in [2.24, 2.45) is 35.0 Å². The molecule has 120 valence electrons. The van der Waals surface area contributed by atoms with Crippen LogP contribution in [0.4, 0.5) is 0 Å². The maximum atomic E-state index is 12.1. The number of allylic oxidation sites excluding steroid dienone is 1. The van der Waals surface area contributed by atoms with Crippen molar-refractivity contribution in [3.05, 3.63) is 11.6 Å². The Kier molecular flexibility index (Phi) is 3.36. The van der Waals surface area contributed by atoms with E-state index < -0.39 is 0 Å². The summed E-state index contributed by atoms with van der Waals surface area (Å²) >= 11 is 0. The molecular formula is C20H28O2. The Morgan fingerprint density at radius 1 is 1.09 bits per heavy atom. The molecule has 3 saturated carbocycles. The molecule has 2 heteroatoms. The van der Waals surface area contributed by atoms with Crippen molar-refractivity contribution in [2.75, 3.05) is 0 Å². The number of carbonyl (C=O) groups is 2. The van der Waals surface area contributed by atoms with E-state index in [-0.39, 0.29) is 5.41 Å². The number of carbonyl (C=O) groups excluding carboxylic acids is 2. The molecule has 0 aliphatic heterocycles. The average molecular weight is 300 g/mol. The lowest BCUT2D eigenvalue weighted by Crippen LogP contribution is -2.47. The summed E-state index contributed by atoms with van der Waals surface area (Å²) in [4.78, 5) is 23.8. The van der Waals surface area contributed by atoms with Crippen LogP contribution in [0.3, 0.4) is 0 Å². The Balaban J connectivity index is 1.62. The highest BCUT2D eigenvalue weighted by Gasteiger charge is 2.57. The summed E-state index contributed by atoms with van der Waals surface area (Å²) in [5, 5.41) is 0. The lowest BCUT2D eigenvalue weighted by atomic mass is 9.51. The first kappa shape index (κ1) is 14.7. The third-order valence-corrected chi connectivity index (χ3v) is 7.79. The molecule has 0 bridgehead atoms. The molecule has 0 spiro atoms. The van der Waals surface area contributed by atoms with Crippen LogP contribution >= 0.6 is 0 Å². The summed E-state index contributed by atoms with van der Waals surface area (Å²) in [6.07, 6.45) is 11.1. The van der Waals surface area contributed by atoms with Gasteiger partial charge in [0.2, 0.25) is 0 Å². The largest absolute Gasteiger partial charge is 0.300 e. The number of Topliss-reactive ketones (excluding diaryl/α,β-unsaturated/α-hetero) is 1. The van der Waals surface area contributed by atoms with E-state index in [0.717, 1.165) is 43.4 Å². The van der Waals surface area contributed by atoms with Gasteiger partial charge < -0.3 is 0 Å². The average Bonchev–Trinajstić information content (AvgIpc) is 2.84. The van der Waals surface area contributed by atoms with Gasteiger partial charge in [0.1, 0.15) is 5.78 Å². The van der Waals surface area contributed by atoms with Crippen molar-refractivity contribution in [2.45, 2.75) is 65.2 Å². The minimum atomic E-state index is 0.263. The van der Waals surface area contributed by atoms with Gasteiger partial charge in [-0.15, -0.1) is 0 Å². The lowest BCUT2D eigenvalue weighted by molar-refractivity contribution is -0.127. The Morgan fingerprint density at radius 3 is 2.68 bits per heavy atom. The maximum absolute atomic E-state index is 12.1. The van der Waals surface area contributed by atoms with Gasteiger partial charge in [0.05, 0.1) is 0 Å². The van der Waals surface area contributed by atoms with Gasteiger partial charge in [-0.3, -0.25) is 9.59 Å². The van der Waals surface area contributed by atoms with Crippen molar-refractivity contribution in [3.63, 3.8) is 0 Å². The predicted octanol–water partition coefficient (Wildman–Crippen LogP) is 4.33. The zero-order valence-corrected chi connectivity index (χ0v) is 13.9. The van der Waals surface area contributed by atoms with Crippen LogP contribution in [0.1, 0.15) is 65.2 Å². The summed E-state index contributed by atoms with van der Waals surface area (Å²) in [6.45, 7) is 4.21. The molecule has 2 nitrogen and oxygen atoms in total. The van der Waals surface area contributed by atoms with Crippen LogP contribution in [0.25, 0.3) is 0 Å². The van der Waals surface area contributed by atoms with Gasteiger partial charge in [-0.2, -0.15) is 0 Å². The molecule has 4 aliphatic rings. The molecule has 22 heavy (non-hydrogen) atoms. The van der Waals surface area contributed by atoms with E-state index in [1.807, 2.05) is 6.08 Å². The SMILES string of the molecule is CC(=O)[C@@H]1CC[C@@H]2C3CCC4=CC(=O)CCC4[C@@H]3CC[C@]21C. The van der Waals surface area contributed by atoms with E-state index in [1.54, 1.807) is 6.92 Å². The Labute approximate surface area is 133 Å². The fraction of sp³-hybridized carbons (Fsp3) is 0.800. The highest BCUT2D eigenvalue weighted by molar-refractivity contribution is 5.91. The monoisotopic (exact) mass is 300 g/mol. The van der Waals surface area contributed by atoms with E-state index in [4.69, 9.17) is 0 Å². The molecule has 0 aromatic heterocycles. The van der Waals surface area contributed by atoms with E-state index in [0.29, 0.717) is 23.4 Å². The van der Waals surface area contributed by atoms with Gasteiger partial charge in [0.25, 0.3) is 0 Å². The predicted molar refractivity (Wildman–Crippen MR) is 86.3 cm³/mol. The first-order valence-corrected chi connectivity index (χ1v) is 9.24. The summed E-state index contributed by atoms with van der Waals surface area (Å²) in [5.41, 5.74) is 1.72. The second kappa shape index (κ2) is 5.04. The minimum Gasteiger partial charge on any atom is -0.300 e. The lowest BCUT2D eigenvalue weighted by Gasteiger charge is -2.53. The Bertz CT molecular complexity index is 546. The van der Waals surface area contributed by atoms with Crippen molar-refractivity contribution in [1.29, 1.82) is 0 Å². The molecule has 6 atom stereocenters. The highest BCUT2D eigenvalue weighted by Crippen LogP contribution is 2.63. The van der Waals surface area contributed by atoms with Gasteiger partial charge in [0, 0.05) is 12.3 Å². The van der Waals surface area contributed by atoms with E-state index >= 15 is 0 Å². The number of rotatable bonds is 1.